The zero-order valence-corrected chi connectivity index (χ0v) is 11.9. The van der Waals surface area contributed by atoms with Crippen LogP contribution in [-0.2, 0) is 13.1 Å². The first-order valence-corrected chi connectivity index (χ1v) is 7.01. The standard InChI is InChI=1S/C16H18N4O/c1-2-19-9-7-13(12-19)11-18-14-3-5-15(6-4-14)20-10-8-17-16(20)21/h3-10,12,18H,2,11H2,1H3,(H,17,21). The summed E-state index contributed by atoms with van der Waals surface area (Å²) < 4.78 is 3.73. The lowest BCUT2D eigenvalue weighted by atomic mass is 10.2. The highest BCUT2D eigenvalue weighted by Crippen LogP contribution is 2.13. The molecule has 0 fully saturated rings. The Bertz CT molecular complexity index is 764. The van der Waals surface area contributed by atoms with Crippen LogP contribution in [0.3, 0.4) is 0 Å². The van der Waals surface area contributed by atoms with Crippen molar-refractivity contribution in [3.05, 3.63) is 71.2 Å². The van der Waals surface area contributed by atoms with E-state index in [9.17, 15) is 4.79 Å². The van der Waals surface area contributed by atoms with E-state index in [0.717, 1.165) is 24.5 Å². The van der Waals surface area contributed by atoms with E-state index in [2.05, 4.69) is 40.3 Å². The average Bonchev–Trinajstić information content (AvgIpc) is 3.14. The predicted molar refractivity (Wildman–Crippen MR) is 83.8 cm³/mol. The summed E-state index contributed by atoms with van der Waals surface area (Å²) in [6.07, 6.45) is 7.57. The van der Waals surface area contributed by atoms with Crippen LogP contribution in [-0.4, -0.2) is 14.1 Å². The first-order valence-electron chi connectivity index (χ1n) is 7.01. The van der Waals surface area contributed by atoms with Gasteiger partial charge in [-0.25, -0.2) is 4.79 Å². The molecule has 1 aromatic carbocycles. The Hall–Kier alpha value is -2.69. The molecule has 0 unspecified atom stereocenters. The summed E-state index contributed by atoms with van der Waals surface area (Å²) >= 11 is 0. The molecular weight excluding hydrogens is 264 g/mol. The van der Waals surface area contributed by atoms with Crippen molar-refractivity contribution in [2.75, 3.05) is 5.32 Å². The molecule has 108 valence electrons. The summed E-state index contributed by atoms with van der Waals surface area (Å²) in [7, 11) is 0. The summed E-state index contributed by atoms with van der Waals surface area (Å²) in [6.45, 7) is 3.90. The Morgan fingerprint density at radius 3 is 2.57 bits per heavy atom. The van der Waals surface area contributed by atoms with Crippen LogP contribution in [0.4, 0.5) is 5.69 Å². The van der Waals surface area contributed by atoms with E-state index in [1.807, 2.05) is 24.3 Å². The molecule has 0 aliphatic heterocycles. The first kappa shape index (κ1) is 13.3. The van der Waals surface area contributed by atoms with Crippen molar-refractivity contribution in [3.8, 4) is 5.69 Å². The van der Waals surface area contributed by atoms with Gasteiger partial charge in [0.05, 0.1) is 5.69 Å². The number of aromatic amines is 1. The number of imidazole rings is 1. The summed E-state index contributed by atoms with van der Waals surface area (Å²) in [6, 6.07) is 9.92. The maximum Gasteiger partial charge on any atom is 0.330 e. The van der Waals surface area contributed by atoms with Crippen molar-refractivity contribution in [1.29, 1.82) is 0 Å². The minimum absolute atomic E-state index is 0.128. The lowest BCUT2D eigenvalue weighted by Crippen LogP contribution is -2.13. The molecule has 3 rings (SSSR count). The number of nitrogens with zero attached hydrogens (tertiary/aromatic N) is 2. The van der Waals surface area contributed by atoms with Crippen LogP contribution in [0.25, 0.3) is 5.69 Å². The number of nitrogens with one attached hydrogen (secondary N) is 2. The Morgan fingerprint density at radius 2 is 1.95 bits per heavy atom. The van der Waals surface area contributed by atoms with E-state index in [0.29, 0.717) is 0 Å². The van der Waals surface area contributed by atoms with Gasteiger partial charge in [-0.2, -0.15) is 0 Å². The molecule has 0 radical (unpaired) electrons. The summed E-state index contributed by atoms with van der Waals surface area (Å²) in [5.41, 5.74) is 3.01. The molecule has 0 bridgehead atoms. The van der Waals surface area contributed by atoms with Crippen LogP contribution in [0.2, 0.25) is 0 Å². The van der Waals surface area contributed by atoms with Crippen LogP contribution in [0.15, 0.2) is 59.9 Å². The van der Waals surface area contributed by atoms with Gasteiger partial charge in [-0.1, -0.05) is 0 Å². The molecule has 5 heteroatoms. The number of H-pyrrole nitrogens is 1. The van der Waals surface area contributed by atoms with E-state index >= 15 is 0 Å². The average molecular weight is 282 g/mol. The number of rotatable bonds is 5. The lowest BCUT2D eigenvalue weighted by molar-refractivity contribution is 0.766. The smallest absolute Gasteiger partial charge is 0.330 e. The van der Waals surface area contributed by atoms with Crippen LogP contribution >= 0.6 is 0 Å². The molecule has 2 heterocycles. The van der Waals surface area contributed by atoms with E-state index in [1.165, 1.54) is 5.56 Å². The minimum atomic E-state index is -0.128. The molecule has 0 saturated heterocycles. The van der Waals surface area contributed by atoms with Gasteiger partial charge in [0, 0.05) is 43.6 Å². The van der Waals surface area contributed by atoms with E-state index in [1.54, 1.807) is 17.0 Å². The number of benzene rings is 1. The molecule has 3 aromatic rings. The zero-order chi connectivity index (χ0) is 14.7. The first-order chi connectivity index (χ1) is 10.3. The number of aromatic nitrogens is 3. The highest BCUT2D eigenvalue weighted by atomic mass is 16.1. The van der Waals surface area contributed by atoms with Gasteiger partial charge in [-0.15, -0.1) is 0 Å². The molecule has 0 saturated carbocycles. The third-order valence-electron chi connectivity index (χ3n) is 3.47. The lowest BCUT2D eigenvalue weighted by Gasteiger charge is -2.07. The molecule has 0 amide bonds. The van der Waals surface area contributed by atoms with Gasteiger partial charge in [0.25, 0.3) is 0 Å². The third kappa shape index (κ3) is 2.91. The highest BCUT2D eigenvalue weighted by Gasteiger charge is 2.00. The minimum Gasteiger partial charge on any atom is -0.381 e. The molecular formula is C16H18N4O. The molecule has 21 heavy (non-hydrogen) atoms. The Morgan fingerprint density at radius 1 is 1.14 bits per heavy atom. The van der Waals surface area contributed by atoms with Gasteiger partial charge in [-0.3, -0.25) is 4.57 Å². The molecule has 0 aliphatic rings. The fourth-order valence-corrected chi connectivity index (χ4v) is 2.26. The van der Waals surface area contributed by atoms with Crippen molar-refractivity contribution in [2.24, 2.45) is 0 Å². The highest BCUT2D eigenvalue weighted by molar-refractivity contribution is 5.49. The van der Waals surface area contributed by atoms with Crippen molar-refractivity contribution >= 4 is 5.69 Å². The van der Waals surface area contributed by atoms with Crippen molar-refractivity contribution in [1.82, 2.24) is 14.1 Å². The Kier molecular flexibility index (Phi) is 3.64. The van der Waals surface area contributed by atoms with Crippen molar-refractivity contribution in [2.45, 2.75) is 20.0 Å². The fraction of sp³-hybridized carbons (Fsp3) is 0.188. The summed E-state index contributed by atoms with van der Waals surface area (Å²) in [5, 5.41) is 3.38. The van der Waals surface area contributed by atoms with Gasteiger partial charge in [0.15, 0.2) is 0 Å². The number of hydrogen-bond acceptors (Lipinski definition) is 2. The predicted octanol–water partition coefficient (Wildman–Crippen LogP) is 2.60. The van der Waals surface area contributed by atoms with Gasteiger partial charge in [0.2, 0.25) is 0 Å². The zero-order valence-electron chi connectivity index (χ0n) is 11.9. The van der Waals surface area contributed by atoms with E-state index < -0.39 is 0 Å². The quantitative estimate of drug-likeness (QED) is 0.755. The molecule has 0 aliphatic carbocycles. The van der Waals surface area contributed by atoms with Gasteiger partial charge in [0.1, 0.15) is 0 Å². The van der Waals surface area contributed by atoms with E-state index in [-0.39, 0.29) is 5.69 Å². The molecule has 2 aromatic heterocycles. The van der Waals surface area contributed by atoms with Gasteiger partial charge < -0.3 is 14.9 Å². The van der Waals surface area contributed by atoms with E-state index in [4.69, 9.17) is 0 Å². The van der Waals surface area contributed by atoms with Crippen LogP contribution in [0.1, 0.15) is 12.5 Å². The monoisotopic (exact) mass is 282 g/mol. The molecule has 2 N–H and O–H groups in total. The Labute approximate surface area is 122 Å². The van der Waals surface area contributed by atoms with Gasteiger partial charge >= 0.3 is 5.69 Å². The number of anilines is 1. The topological polar surface area (TPSA) is 54.8 Å². The maximum absolute atomic E-state index is 11.5. The number of hydrogen-bond donors (Lipinski definition) is 2. The normalized spacial score (nSPS) is 10.7. The van der Waals surface area contributed by atoms with Crippen molar-refractivity contribution in [3.63, 3.8) is 0 Å². The molecule has 5 nitrogen and oxygen atoms in total. The molecule has 0 spiro atoms. The fourth-order valence-electron chi connectivity index (χ4n) is 2.26. The van der Waals surface area contributed by atoms with Crippen LogP contribution < -0.4 is 11.0 Å². The molecule has 0 atom stereocenters. The maximum atomic E-state index is 11.5. The number of aryl methyl sites for hydroxylation is 1. The second-order valence-electron chi connectivity index (χ2n) is 4.89. The van der Waals surface area contributed by atoms with Crippen LogP contribution in [0, 0.1) is 0 Å². The van der Waals surface area contributed by atoms with Gasteiger partial charge in [-0.05, 0) is 42.8 Å². The second-order valence-corrected chi connectivity index (χ2v) is 4.89. The Balaban J connectivity index is 1.67. The van der Waals surface area contributed by atoms with Crippen molar-refractivity contribution < 1.29 is 0 Å². The summed E-state index contributed by atoms with van der Waals surface area (Å²) in [5.74, 6) is 0. The third-order valence-corrected chi connectivity index (χ3v) is 3.47. The largest absolute Gasteiger partial charge is 0.381 e. The van der Waals surface area contributed by atoms with Crippen LogP contribution in [0.5, 0.6) is 0 Å². The second kappa shape index (κ2) is 5.75. The SMILES string of the molecule is CCn1ccc(CNc2ccc(-n3cc[nH]c3=O)cc2)c1. The summed E-state index contributed by atoms with van der Waals surface area (Å²) in [4.78, 5) is 14.2.